The fourth-order valence-electron chi connectivity index (χ4n) is 3.59. The van der Waals surface area contributed by atoms with E-state index in [1.807, 2.05) is 0 Å². The Hall–Kier alpha value is -1.02. The van der Waals surface area contributed by atoms with Gasteiger partial charge in [0.2, 0.25) is 0 Å². The number of rotatable bonds is 11. The fraction of sp³-hybridized carbons (Fsp3) is 0.727. The molecule has 0 amide bonds. The van der Waals surface area contributed by atoms with Crippen LogP contribution < -0.4 is 4.74 Å². The quantitative estimate of drug-likeness (QED) is 0.451. The second-order valence-electron chi connectivity index (χ2n) is 7.21. The Bertz CT molecular complexity index is 418. The standard InChI is InChI=1S/C22H36O2/c1-3-5-6-8-20-11-15-22(16-12-20)24-18-7-17-23-21-13-9-19(4-2)10-14-21/h9-10,13-14,20,22H,3-8,11-12,15-18H2,1-2H3. The van der Waals surface area contributed by atoms with Crippen molar-refractivity contribution in [2.24, 2.45) is 5.92 Å². The van der Waals surface area contributed by atoms with E-state index < -0.39 is 0 Å². The third-order valence-corrected chi connectivity index (χ3v) is 5.25. The first-order chi connectivity index (χ1) is 11.8. The minimum absolute atomic E-state index is 0.497. The molecule has 0 bridgehead atoms. The monoisotopic (exact) mass is 332 g/mol. The van der Waals surface area contributed by atoms with Crippen LogP contribution in [0.5, 0.6) is 5.75 Å². The van der Waals surface area contributed by atoms with E-state index in [9.17, 15) is 0 Å². The first-order valence-electron chi connectivity index (χ1n) is 10.1. The van der Waals surface area contributed by atoms with E-state index in [2.05, 4.69) is 38.1 Å². The smallest absolute Gasteiger partial charge is 0.119 e. The van der Waals surface area contributed by atoms with Gasteiger partial charge in [0.25, 0.3) is 0 Å². The predicted octanol–water partition coefficient (Wildman–Crippen LogP) is 6.17. The molecular weight excluding hydrogens is 296 g/mol. The van der Waals surface area contributed by atoms with E-state index in [-0.39, 0.29) is 0 Å². The van der Waals surface area contributed by atoms with Crippen molar-refractivity contribution < 1.29 is 9.47 Å². The second kappa shape index (κ2) is 11.5. The average molecular weight is 333 g/mol. The molecule has 2 nitrogen and oxygen atoms in total. The molecule has 0 unspecified atom stereocenters. The maximum absolute atomic E-state index is 6.05. The number of hydrogen-bond acceptors (Lipinski definition) is 2. The lowest BCUT2D eigenvalue weighted by Gasteiger charge is -2.28. The van der Waals surface area contributed by atoms with Crippen LogP contribution in [0.15, 0.2) is 24.3 Å². The van der Waals surface area contributed by atoms with E-state index in [4.69, 9.17) is 9.47 Å². The topological polar surface area (TPSA) is 18.5 Å². The van der Waals surface area contributed by atoms with E-state index in [0.717, 1.165) is 37.7 Å². The molecule has 1 aromatic carbocycles. The van der Waals surface area contributed by atoms with E-state index in [0.29, 0.717) is 6.10 Å². The van der Waals surface area contributed by atoms with E-state index >= 15 is 0 Å². The van der Waals surface area contributed by atoms with E-state index in [1.54, 1.807) is 0 Å². The summed E-state index contributed by atoms with van der Waals surface area (Å²) < 4.78 is 11.8. The normalized spacial score (nSPS) is 20.9. The molecule has 0 spiro atoms. The molecule has 0 aromatic heterocycles. The Morgan fingerprint density at radius 3 is 2.29 bits per heavy atom. The third-order valence-electron chi connectivity index (χ3n) is 5.25. The van der Waals surface area contributed by atoms with Crippen molar-refractivity contribution in [1.82, 2.24) is 0 Å². The fourth-order valence-corrected chi connectivity index (χ4v) is 3.59. The SMILES string of the molecule is CCCCCC1CCC(OCCCOc2ccc(CC)cc2)CC1. The highest BCUT2D eigenvalue weighted by molar-refractivity contribution is 5.27. The van der Waals surface area contributed by atoms with Crippen molar-refractivity contribution >= 4 is 0 Å². The van der Waals surface area contributed by atoms with Gasteiger partial charge in [-0.15, -0.1) is 0 Å². The molecular formula is C22H36O2. The Morgan fingerprint density at radius 2 is 1.62 bits per heavy atom. The summed E-state index contributed by atoms with van der Waals surface area (Å²) in [6, 6.07) is 8.43. The molecule has 0 saturated heterocycles. The maximum atomic E-state index is 6.05. The maximum Gasteiger partial charge on any atom is 0.119 e. The summed E-state index contributed by atoms with van der Waals surface area (Å²) in [4.78, 5) is 0. The lowest BCUT2D eigenvalue weighted by Crippen LogP contribution is -2.22. The Morgan fingerprint density at radius 1 is 0.875 bits per heavy atom. The molecule has 0 N–H and O–H groups in total. The van der Waals surface area contributed by atoms with Crippen LogP contribution >= 0.6 is 0 Å². The zero-order valence-electron chi connectivity index (χ0n) is 15.8. The van der Waals surface area contributed by atoms with Gasteiger partial charge in [0, 0.05) is 6.42 Å². The van der Waals surface area contributed by atoms with Gasteiger partial charge in [0.05, 0.1) is 19.3 Å². The highest BCUT2D eigenvalue weighted by Crippen LogP contribution is 2.30. The zero-order chi connectivity index (χ0) is 17.0. The Kier molecular flexibility index (Phi) is 9.27. The molecule has 0 atom stereocenters. The van der Waals surface area contributed by atoms with Crippen molar-refractivity contribution in [2.75, 3.05) is 13.2 Å². The molecule has 0 heterocycles. The summed E-state index contributed by atoms with van der Waals surface area (Å²) in [5, 5.41) is 0. The molecule has 136 valence electrons. The van der Waals surface area contributed by atoms with Crippen LogP contribution in [-0.2, 0) is 11.2 Å². The first kappa shape index (κ1) is 19.3. The molecule has 2 heteroatoms. The third kappa shape index (κ3) is 7.25. The van der Waals surface area contributed by atoms with Crippen LogP contribution in [0.1, 0.15) is 77.2 Å². The van der Waals surface area contributed by atoms with Gasteiger partial charge in [-0.3, -0.25) is 0 Å². The van der Waals surface area contributed by atoms with Crippen molar-refractivity contribution in [3.63, 3.8) is 0 Å². The number of aryl methyl sites for hydroxylation is 1. The number of benzene rings is 1. The van der Waals surface area contributed by atoms with Gasteiger partial charge in [0.15, 0.2) is 0 Å². The minimum Gasteiger partial charge on any atom is -0.494 e. The van der Waals surface area contributed by atoms with Gasteiger partial charge in [-0.2, -0.15) is 0 Å². The summed E-state index contributed by atoms with van der Waals surface area (Å²) in [7, 11) is 0. The summed E-state index contributed by atoms with van der Waals surface area (Å²) >= 11 is 0. The van der Waals surface area contributed by atoms with Crippen LogP contribution in [0.4, 0.5) is 0 Å². The summed E-state index contributed by atoms with van der Waals surface area (Å²) in [5.74, 6) is 1.94. The van der Waals surface area contributed by atoms with Crippen LogP contribution in [-0.4, -0.2) is 19.3 Å². The minimum atomic E-state index is 0.497. The van der Waals surface area contributed by atoms with Crippen molar-refractivity contribution in [3.05, 3.63) is 29.8 Å². The van der Waals surface area contributed by atoms with Gasteiger partial charge in [-0.05, 0) is 55.7 Å². The molecule has 1 aliphatic carbocycles. The largest absolute Gasteiger partial charge is 0.494 e. The predicted molar refractivity (Wildman–Crippen MR) is 102 cm³/mol. The average Bonchev–Trinajstić information content (AvgIpc) is 2.63. The molecule has 1 aromatic rings. The number of unbranched alkanes of at least 4 members (excludes halogenated alkanes) is 2. The zero-order valence-corrected chi connectivity index (χ0v) is 15.8. The molecule has 0 aliphatic heterocycles. The Labute approximate surface area is 148 Å². The molecule has 24 heavy (non-hydrogen) atoms. The highest BCUT2D eigenvalue weighted by Gasteiger charge is 2.20. The van der Waals surface area contributed by atoms with Crippen molar-refractivity contribution in [2.45, 2.75) is 84.2 Å². The lowest BCUT2D eigenvalue weighted by molar-refractivity contribution is 0.0120. The van der Waals surface area contributed by atoms with Crippen LogP contribution in [0.25, 0.3) is 0 Å². The summed E-state index contributed by atoms with van der Waals surface area (Å²) in [6.45, 7) is 6.04. The highest BCUT2D eigenvalue weighted by atomic mass is 16.5. The lowest BCUT2D eigenvalue weighted by atomic mass is 9.84. The van der Waals surface area contributed by atoms with E-state index in [1.165, 1.54) is 56.9 Å². The van der Waals surface area contributed by atoms with Gasteiger partial charge in [-0.1, -0.05) is 51.7 Å². The molecule has 2 rings (SSSR count). The van der Waals surface area contributed by atoms with Gasteiger partial charge >= 0.3 is 0 Å². The van der Waals surface area contributed by atoms with Crippen LogP contribution in [0.2, 0.25) is 0 Å². The number of hydrogen-bond donors (Lipinski definition) is 0. The Balaban J connectivity index is 1.49. The van der Waals surface area contributed by atoms with Gasteiger partial charge in [-0.25, -0.2) is 0 Å². The van der Waals surface area contributed by atoms with Crippen LogP contribution in [0.3, 0.4) is 0 Å². The molecule has 1 saturated carbocycles. The summed E-state index contributed by atoms with van der Waals surface area (Å²) in [5.41, 5.74) is 1.36. The first-order valence-corrected chi connectivity index (χ1v) is 10.1. The van der Waals surface area contributed by atoms with Gasteiger partial charge in [0.1, 0.15) is 5.75 Å². The van der Waals surface area contributed by atoms with Crippen molar-refractivity contribution in [1.29, 1.82) is 0 Å². The number of ether oxygens (including phenoxy) is 2. The van der Waals surface area contributed by atoms with Gasteiger partial charge < -0.3 is 9.47 Å². The molecule has 1 fully saturated rings. The molecule has 0 radical (unpaired) electrons. The van der Waals surface area contributed by atoms with Crippen LogP contribution in [0, 0.1) is 5.92 Å². The second-order valence-corrected chi connectivity index (χ2v) is 7.21. The summed E-state index contributed by atoms with van der Waals surface area (Å²) in [6.07, 6.45) is 13.4. The molecule has 1 aliphatic rings. The van der Waals surface area contributed by atoms with Crippen molar-refractivity contribution in [3.8, 4) is 5.75 Å².